The lowest BCUT2D eigenvalue weighted by Gasteiger charge is -2.42. The van der Waals surface area contributed by atoms with Gasteiger partial charge in [0.25, 0.3) is 0 Å². The summed E-state index contributed by atoms with van der Waals surface area (Å²) in [4.78, 5) is 9.17. The number of rotatable bonds is 6. The second-order valence-corrected chi connectivity index (χ2v) is 6.87. The topological polar surface area (TPSA) is 72.6 Å². The Hall–Kier alpha value is -2.62. The highest BCUT2D eigenvalue weighted by atomic mass is 16.5. The quantitative estimate of drug-likeness (QED) is 0.846. The molecule has 3 rings (SSSR count). The summed E-state index contributed by atoms with van der Waals surface area (Å²) in [5.74, 6) is 1.61. The smallest absolute Gasteiger partial charge is 0.146 e. The Balaban J connectivity index is 1.77. The Bertz CT molecular complexity index is 818. The number of ether oxygens (including phenoxy) is 1. The van der Waals surface area contributed by atoms with Crippen molar-refractivity contribution in [2.75, 3.05) is 38.3 Å². The predicted molar refractivity (Wildman–Crippen MR) is 105 cm³/mol. The van der Waals surface area contributed by atoms with E-state index in [4.69, 9.17) is 4.74 Å². The van der Waals surface area contributed by atoms with E-state index in [1.807, 2.05) is 31.2 Å². The molecule has 1 aromatic carbocycles. The average Bonchev–Trinajstić information content (AvgIpc) is 2.69. The van der Waals surface area contributed by atoms with Gasteiger partial charge >= 0.3 is 0 Å². The number of aryl methyl sites for hydroxylation is 1. The monoisotopic (exact) mass is 366 g/mol. The highest BCUT2D eigenvalue weighted by Crippen LogP contribution is 2.24. The maximum atomic E-state index is 9.55. The number of hydrogen-bond acceptors (Lipinski definition) is 6. The molecule has 0 spiro atoms. The van der Waals surface area contributed by atoms with Crippen LogP contribution in [0.1, 0.15) is 23.2 Å². The molecule has 2 aromatic rings. The molecular weight excluding hydrogens is 340 g/mol. The van der Waals surface area contributed by atoms with Crippen LogP contribution in [-0.2, 0) is 6.54 Å². The fourth-order valence-electron chi connectivity index (χ4n) is 3.59. The van der Waals surface area contributed by atoms with Crippen LogP contribution in [0.3, 0.4) is 0 Å². The van der Waals surface area contributed by atoms with E-state index in [9.17, 15) is 10.4 Å². The molecule has 1 fully saturated rings. The first-order chi connectivity index (χ1) is 13.1. The third kappa shape index (κ3) is 4.57. The van der Waals surface area contributed by atoms with Crippen molar-refractivity contribution in [2.24, 2.45) is 0 Å². The summed E-state index contributed by atoms with van der Waals surface area (Å²) in [5.41, 5.74) is 2.70. The van der Waals surface area contributed by atoms with E-state index < -0.39 is 0 Å². The van der Waals surface area contributed by atoms with Gasteiger partial charge in [0.1, 0.15) is 17.6 Å². The zero-order valence-electron chi connectivity index (χ0n) is 15.9. The van der Waals surface area contributed by atoms with E-state index in [-0.39, 0.29) is 12.6 Å². The number of pyridine rings is 1. The SMILES string of the molecule is COc1cccc(CN2CCN(c3nc(C)ccc3C#N)CC2CCO)c1. The molecule has 0 aliphatic carbocycles. The van der Waals surface area contributed by atoms with Crippen LogP contribution < -0.4 is 9.64 Å². The number of anilines is 1. The Kier molecular flexibility index (Phi) is 6.28. The minimum Gasteiger partial charge on any atom is -0.497 e. The van der Waals surface area contributed by atoms with Gasteiger partial charge in [0.05, 0.1) is 12.7 Å². The standard InChI is InChI=1S/C21H26N4O2/c1-16-6-7-18(13-22)21(23-16)25-10-9-24(19(15-25)8-11-26)14-17-4-3-5-20(12-17)27-2/h3-7,12,19,26H,8-11,14-15H2,1-2H3. The van der Waals surface area contributed by atoms with Crippen LogP contribution >= 0.6 is 0 Å². The van der Waals surface area contributed by atoms with Gasteiger partial charge in [-0.15, -0.1) is 0 Å². The molecule has 0 bridgehead atoms. The number of benzene rings is 1. The first-order valence-electron chi connectivity index (χ1n) is 9.25. The first-order valence-corrected chi connectivity index (χ1v) is 9.25. The molecule has 2 heterocycles. The molecular formula is C21H26N4O2. The van der Waals surface area contributed by atoms with E-state index in [0.717, 1.165) is 43.4 Å². The molecule has 27 heavy (non-hydrogen) atoms. The molecule has 1 atom stereocenters. The van der Waals surface area contributed by atoms with E-state index in [1.165, 1.54) is 5.56 Å². The minimum atomic E-state index is 0.138. The van der Waals surface area contributed by atoms with Gasteiger partial charge < -0.3 is 14.7 Å². The van der Waals surface area contributed by atoms with Gasteiger partial charge in [-0.05, 0) is 43.2 Å². The molecule has 6 nitrogen and oxygen atoms in total. The fourth-order valence-corrected chi connectivity index (χ4v) is 3.59. The van der Waals surface area contributed by atoms with Crippen molar-refractivity contribution in [3.8, 4) is 11.8 Å². The molecule has 1 saturated heterocycles. The zero-order chi connectivity index (χ0) is 19.2. The molecule has 0 radical (unpaired) electrons. The lowest BCUT2D eigenvalue weighted by molar-refractivity contribution is 0.135. The van der Waals surface area contributed by atoms with Crippen LogP contribution in [0.4, 0.5) is 5.82 Å². The van der Waals surface area contributed by atoms with Gasteiger partial charge in [0, 0.05) is 44.5 Å². The Morgan fingerprint density at radius 2 is 2.15 bits per heavy atom. The van der Waals surface area contributed by atoms with Crippen LogP contribution in [-0.4, -0.2) is 54.4 Å². The Morgan fingerprint density at radius 3 is 2.89 bits per heavy atom. The molecule has 142 valence electrons. The second-order valence-electron chi connectivity index (χ2n) is 6.87. The number of nitrogens with zero attached hydrogens (tertiary/aromatic N) is 4. The third-order valence-electron chi connectivity index (χ3n) is 5.02. The second kappa shape index (κ2) is 8.85. The highest BCUT2D eigenvalue weighted by Gasteiger charge is 2.28. The molecule has 0 amide bonds. The van der Waals surface area contributed by atoms with E-state index in [0.29, 0.717) is 12.0 Å². The van der Waals surface area contributed by atoms with Crippen LogP contribution in [0.5, 0.6) is 5.75 Å². The van der Waals surface area contributed by atoms with Crippen LogP contribution in [0.15, 0.2) is 36.4 Å². The van der Waals surface area contributed by atoms with Crippen molar-refractivity contribution in [1.82, 2.24) is 9.88 Å². The molecule has 1 aromatic heterocycles. The average molecular weight is 366 g/mol. The number of piperazine rings is 1. The largest absolute Gasteiger partial charge is 0.497 e. The number of aromatic nitrogens is 1. The van der Waals surface area contributed by atoms with E-state index >= 15 is 0 Å². The molecule has 1 aliphatic heterocycles. The molecule has 1 aliphatic rings. The van der Waals surface area contributed by atoms with Crippen molar-refractivity contribution < 1.29 is 9.84 Å². The van der Waals surface area contributed by atoms with Gasteiger partial charge in [-0.1, -0.05) is 12.1 Å². The summed E-state index contributed by atoms with van der Waals surface area (Å²) >= 11 is 0. The fraction of sp³-hybridized carbons (Fsp3) is 0.429. The number of aliphatic hydroxyl groups excluding tert-OH is 1. The van der Waals surface area contributed by atoms with Gasteiger partial charge in [0.15, 0.2) is 0 Å². The van der Waals surface area contributed by atoms with Crippen LogP contribution in [0.25, 0.3) is 0 Å². The Labute approximate surface area is 160 Å². The van der Waals surface area contributed by atoms with Gasteiger partial charge in [-0.3, -0.25) is 4.90 Å². The van der Waals surface area contributed by atoms with Crippen molar-refractivity contribution in [3.63, 3.8) is 0 Å². The lowest BCUT2D eigenvalue weighted by atomic mass is 10.1. The predicted octanol–water partition coefficient (Wildman–Crippen LogP) is 2.34. The summed E-state index contributed by atoms with van der Waals surface area (Å²) in [7, 11) is 1.67. The summed E-state index contributed by atoms with van der Waals surface area (Å²) in [6.07, 6.45) is 0.689. The normalized spacial score (nSPS) is 17.6. The zero-order valence-corrected chi connectivity index (χ0v) is 15.9. The molecule has 6 heteroatoms. The minimum absolute atomic E-state index is 0.138. The molecule has 0 saturated carbocycles. The van der Waals surface area contributed by atoms with Crippen molar-refractivity contribution in [2.45, 2.75) is 25.9 Å². The van der Waals surface area contributed by atoms with Crippen molar-refractivity contribution in [3.05, 3.63) is 53.2 Å². The molecule has 1 unspecified atom stereocenters. The Morgan fingerprint density at radius 1 is 1.30 bits per heavy atom. The van der Waals surface area contributed by atoms with Gasteiger partial charge in [0.2, 0.25) is 0 Å². The maximum absolute atomic E-state index is 9.55. The van der Waals surface area contributed by atoms with Crippen LogP contribution in [0.2, 0.25) is 0 Å². The van der Waals surface area contributed by atoms with Crippen LogP contribution in [0, 0.1) is 18.3 Å². The van der Waals surface area contributed by atoms with Gasteiger partial charge in [-0.25, -0.2) is 4.98 Å². The summed E-state index contributed by atoms with van der Waals surface area (Å²) in [6, 6.07) is 14.2. The number of nitriles is 1. The third-order valence-corrected chi connectivity index (χ3v) is 5.02. The summed E-state index contributed by atoms with van der Waals surface area (Å²) in [5, 5.41) is 19.0. The van der Waals surface area contributed by atoms with Crippen molar-refractivity contribution >= 4 is 5.82 Å². The summed E-state index contributed by atoms with van der Waals surface area (Å²) in [6.45, 7) is 5.28. The highest BCUT2D eigenvalue weighted by molar-refractivity contribution is 5.54. The number of aliphatic hydroxyl groups is 1. The number of hydrogen-bond donors (Lipinski definition) is 1. The van der Waals surface area contributed by atoms with Crippen molar-refractivity contribution in [1.29, 1.82) is 5.26 Å². The van der Waals surface area contributed by atoms with E-state index in [1.54, 1.807) is 7.11 Å². The lowest BCUT2D eigenvalue weighted by Crippen LogP contribution is -2.53. The maximum Gasteiger partial charge on any atom is 0.146 e. The molecule has 1 N–H and O–H groups in total. The first kappa shape index (κ1) is 19.2. The van der Waals surface area contributed by atoms with E-state index in [2.05, 4.69) is 33.0 Å². The number of methoxy groups -OCH3 is 1. The van der Waals surface area contributed by atoms with Gasteiger partial charge in [-0.2, -0.15) is 5.26 Å². The summed E-state index contributed by atoms with van der Waals surface area (Å²) < 4.78 is 5.32.